The lowest BCUT2D eigenvalue weighted by molar-refractivity contribution is 0.386. The lowest BCUT2D eigenvalue weighted by atomic mass is 10.0. The van der Waals surface area contributed by atoms with Gasteiger partial charge in [0.1, 0.15) is 0 Å². The molecule has 0 bridgehead atoms. The van der Waals surface area contributed by atoms with Crippen LogP contribution in [0.1, 0.15) is 18.4 Å². The molecule has 0 saturated carbocycles. The summed E-state index contributed by atoms with van der Waals surface area (Å²) in [5.74, 6) is -0.517. The minimum absolute atomic E-state index is 0.203. The Hall–Kier alpha value is -1.56. The monoisotopic (exact) mass is 179 g/mol. The average molecular weight is 179 g/mol. The van der Waals surface area contributed by atoms with Gasteiger partial charge in [0.25, 0.3) is 0 Å². The maximum atomic E-state index is 13.1. The molecule has 0 aliphatic heterocycles. The molecule has 1 aromatic carbocycles. The van der Waals surface area contributed by atoms with Crippen molar-refractivity contribution in [3.05, 3.63) is 29.6 Å². The van der Waals surface area contributed by atoms with Gasteiger partial charge in [-0.2, -0.15) is 5.26 Å². The van der Waals surface area contributed by atoms with E-state index in [0.717, 1.165) is 0 Å². The maximum absolute atomic E-state index is 13.1. The van der Waals surface area contributed by atoms with Gasteiger partial charge >= 0.3 is 0 Å². The smallest absolute Gasteiger partial charge is 0.165 e. The van der Waals surface area contributed by atoms with Crippen LogP contribution in [0, 0.1) is 17.1 Å². The van der Waals surface area contributed by atoms with Crippen LogP contribution < -0.4 is 4.74 Å². The molecule has 0 saturated heterocycles. The molecule has 0 radical (unpaired) electrons. The van der Waals surface area contributed by atoms with E-state index in [9.17, 15) is 4.39 Å². The van der Waals surface area contributed by atoms with E-state index in [0.29, 0.717) is 5.56 Å². The van der Waals surface area contributed by atoms with Crippen molar-refractivity contribution >= 4 is 0 Å². The number of hydrogen-bond donors (Lipinski definition) is 0. The standard InChI is InChI=1S/C10H10FNO/c1-7(6-12)8-3-4-10(13-2)9(11)5-8/h3-5,7H,1-2H3/t7-/m1/s1. The van der Waals surface area contributed by atoms with Gasteiger partial charge in [0, 0.05) is 0 Å². The molecule has 0 amide bonds. The fraction of sp³-hybridized carbons (Fsp3) is 0.300. The zero-order chi connectivity index (χ0) is 9.84. The fourth-order valence-corrected chi connectivity index (χ4v) is 1.03. The van der Waals surface area contributed by atoms with Crippen molar-refractivity contribution in [2.75, 3.05) is 7.11 Å². The Bertz CT molecular complexity index is 343. The number of hydrogen-bond acceptors (Lipinski definition) is 2. The number of nitrogens with zero attached hydrogens (tertiary/aromatic N) is 1. The van der Waals surface area contributed by atoms with E-state index in [4.69, 9.17) is 10.00 Å². The highest BCUT2D eigenvalue weighted by Crippen LogP contribution is 2.22. The number of nitriles is 1. The first kappa shape index (κ1) is 9.53. The predicted octanol–water partition coefficient (Wildman–Crippen LogP) is 2.46. The molecule has 2 nitrogen and oxygen atoms in total. The Morgan fingerprint density at radius 2 is 2.23 bits per heavy atom. The molecule has 68 valence electrons. The minimum Gasteiger partial charge on any atom is -0.494 e. The van der Waals surface area contributed by atoms with Gasteiger partial charge in [-0.3, -0.25) is 0 Å². The van der Waals surface area contributed by atoms with E-state index in [1.165, 1.54) is 19.2 Å². The van der Waals surface area contributed by atoms with Crippen LogP contribution >= 0.6 is 0 Å². The topological polar surface area (TPSA) is 33.0 Å². The van der Waals surface area contributed by atoms with Gasteiger partial charge in [0.2, 0.25) is 0 Å². The molecule has 1 rings (SSSR count). The molecule has 0 unspecified atom stereocenters. The van der Waals surface area contributed by atoms with Crippen molar-refractivity contribution in [1.29, 1.82) is 5.26 Å². The third-order valence-corrected chi connectivity index (χ3v) is 1.87. The molecule has 1 atom stereocenters. The van der Waals surface area contributed by atoms with Crippen molar-refractivity contribution in [3.63, 3.8) is 0 Å². The predicted molar refractivity (Wildman–Crippen MR) is 47.0 cm³/mol. The van der Waals surface area contributed by atoms with Gasteiger partial charge < -0.3 is 4.74 Å². The molecule has 0 fully saturated rings. The summed E-state index contributed by atoms with van der Waals surface area (Å²) in [5, 5.41) is 8.60. The summed E-state index contributed by atoms with van der Waals surface area (Å²) < 4.78 is 17.9. The van der Waals surface area contributed by atoms with E-state index in [2.05, 4.69) is 0 Å². The van der Waals surface area contributed by atoms with Crippen LogP contribution in [0.4, 0.5) is 4.39 Å². The largest absolute Gasteiger partial charge is 0.494 e. The van der Waals surface area contributed by atoms with Gasteiger partial charge in [-0.1, -0.05) is 6.07 Å². The molecule has 0 aliphatic rings. The second-order valence-electron chi connectivity index (χ2n) is 2.74. The molecular formula is C10H10FNO. The van der Waals surface area contributed by atoms with E-state index < -0.39 is 5.82 Å². The molecule has 0 spiro atoms. The van der Waals surface area contributed by atoms with Crippen molar-refractivity contribution in [1.82, 2.24) is 0 Å². The number of halogens is 1. The lowest BCUT2D eigenvalue weighted by Crippen LogP contribution is -1.93. The van der Waals surface area contributed by atoms with Crippen LogP contribution in [-0.4, -0.2) is 7.11 Å². The SMILES string of the molecule is COc1ccc([C@H](C)C#N)cc1F. The van der Waals surface area contributed by atoms with Crippen molar-refractivity contribution in [2.45, 2.75) is 12.8 Å². The average Bonchev–Trinajstić information content (AvgIpc) is 2.16. The summed E-state index contributed by atoms with van der Waals surface area (Å²) in [6.07, 6.45) is 0. The van der Waals surface area contributed by atoms with Crippen molar-refractivity contribution in [2.24, 2.45) is 0 Å². The molecular weight excluding hydrogens is 169 g/mol. The van der Waals surface area contributed by atoms with Crippen LogP contribution in [0.25, 0.3) is 0 Å². The Kier molecular flexibility index (Phi) is 2.86. The summed E-state index contributed by atoms with van der Waals surface area (Å²) in [4.78, 5) is 0. The number of rotatable bonds is 2. The van der Waals surface area contributed by atoms with E-state index in [1.807, 2.05) is 6.07 Å². The summed E-state index contributed by atoms with van der Waals surface area (Å²) >= 11 is 0. The Morgan fingerprint density at radius 3 is 2.69 bits per heavy atom. The zero-order valence-electron chi connectivity index (χ0n) is 7.54. The normalized spacial score (nSPS) is 11.8. The first-order valence-corrected chi connectivity index (χ1v) is 3.92. The molecule has 13 heavy (non-hydrogen) atoms. The number of methoxy groups -OCH3 is 1. The van der Waals surface area contributed by atoms with Crippen LogP contribution in [0.3, 0.4) is 0 Å². The molecule has 0 aliphatic carbocycles. The Morgan fingerprint density at radius 1 is 1.54 bits per heavy atom. The van der Waals surface area contributed by atoms with Crippen LogP contribution in [0.5, 0.6) is 5.75 Å². The summed E-state index contributed by atoms with van der Waals surface area (Å²) in [6, 6.07) is 6.58. The molecule has 0 N–H and O–H groups in total. The van der Waals surface area contributed by atoms with Crippen molar-refractivity contribution < 1.29 is 9.13 Å². The molecule has 3 heteroatoms. The van der Waals surface area contributed by atoms with E-state index in [-0.39, 0.29) is 11.7 Å². The highest BCUT2D eigenvalue weighted by molar-refractivity contribution is 5.32. The summed E-state index contributed by atoms with van der Waals surface area (Å²) in [7, 11) is 1.41. The van der Waals surface area contributed by atoms with Gasteiger partial charge in [-0.25, -0.2) is 4.39 Å². The van der Waals surface area contributed by atoms with Crippen LogP contribution in [-0.2, 0) is 0 Å². The molecule has 0 heterocycles. The number of ether oxygens (including phenoxy) is 1. The quantitative estimate of drug-likeness (QED) is 0.698. The van der Waals surface area contributed by atoms with Gasteiger partial charge in [-0.15, -0.1) is 0 Å². The second kappa shape index (κ2) is 3.90. The zero-order valence-corrected chi connectivity index (χ0v) is 7.54. The van der Waals surface area contributed by atoms with Gasteiger partial charge in [0.15, 0.2) is 11.6 Å². The van der Waals surface area contributed by atoms with E-state index in [1.54, 1.807) is 13.0 Å². The molecule has 1 aromatic rings. The second-order valence-corrected chi connectivity index (χ2v) is 2.74. The maximum Gasteiger partial charge on any atom is 0.165 e. The van der Waals surface area contributed by atoms with Gasteiger partial charge in [-0.05, 0) is 24.6 Å². The van der Waals surface area contributed by atoms with Gasteiger partial charge in [0.05, 0.1) is 19.1 Å². The third-order valence-electron chi connectivity index (χ3n) is 1.87. The summed E-state index contributed by atoms with van der Waals surface area (Å²) in [5.41, 5.74) is 0.667. The highest BCUT2D eigenvalue weighted by atomic mass is 19.1. The van der Waals surface area contributed by atoms with E-state index >= 15 is 0 Å². The molecule has 0 aromatic heterocycles. The first-order chi connectivity index (χ1) is 6.19. The first-order valence-electron chi connectivity index (χ1n) is 3.92. The minimum atomic E-state index is -0.429. The number of benzene rings is 1. The Labute approximate surface area is 76.6 Å². The summed E-state index contributed by atoms with van der Waals surface area (Å²) in [6.45, 7) is 1.72. The Balaban J connectivity index is 3.04. The fourth-order valence-electron chi connectivity index (χ4n) is 1.03. The third kappa shape index (κ3) is 1.97. The van der Waals surface area contributed by atoms with Crippen LogP contribution in [0.15, 0.2) is 18.2 Å². The van der Waals surface area contributed by atoms with Crippen molar-refractivity contribution in [3.8, 4) is 11.8 Å². The highest BCUT2D eigenvalue weighted by Gasteiger charge is 2.07. The lowest BCUT2D eigenvalue weighted by Gasteiger charge is -2.05. The van der Waals surface area contributed by atoms with Crippen LogP contribution in [0.2, 0.25) is 0 Å².